The smallest absolute Gasteiger partial charge is 0.225 e. The fourth-order valence-electron chi connectivity index (χ4n) is 3.65. The molecule has 104 valence electrons. The lowest BCUT2D eigenvalue weighted by molar-refractivity contribution is -0.136. The van der Waals surface area contributed by atoms with Crippen LogP contribution in [0.1, 0.15) is 46.5 Å². The average molecular weight is 252 g/mol. The molecule has 2 rings (SSSR count). The minimum absolute atomic E-state index is 0.190. The Labute approximate surface area is 111 Å². The third kappa shape index (κ3) is 3.05. The number of carbonyl (C=O) groups is 1. The molecule has 1 amide bonds. The molecule has 1 aliphatic carbocycles. The Morgan fingerprint density at radius 1 is 1.28 bits per heavy atom. The van der Waals surface area contributed by atoms with Crippen LogP contribution in [0.4, 0.5) is 0 Å². The lowest BCUT2D eigenvalue weighted by Crippen LogP contribution is -2.41. The van der Waals surface area contributed by atoms with Gasteiger partial charge in [0.2, 0.25) is 5.91 Å². The summed E-state index contributed by atoms with van der Waals surface area (Å²) in [7, 11) is 0. The van der Waals surface area contributed by atoms with Crippen LogP contribution in [0, 0.1) is 23.7 Å². The zero-order chi connectivity index (χ0) is 13.3. The van der Waals surface area contributed by atoms with Crippen molar-refractivity contribution in [2.75, 3.05) is 13.1 Å². The summed E-state index contributed by atoms with van der Waals surface area (Å²) in [4.78, 5) is 14.6. The molecule has 1 saturated carbocycles. The van der Waals surface area contributed by atoms with E-state index < -0.39 is 0 Å². The van der Waals surface area contributed by atoms with Crippen LogP contribution >= 0.6 is 0 Å². The molecule has 0 aromatic heterocycles. The minimum Gasteiger partial charge on any atom is -0.342 e. The molecule has 0 aromatic rings. The molecule has 4 unspecified atom stereocenters. The van der Waals surface area contributed by atoms with Gasteiger partial charge in [-0.2, -0.15) is 0 Å². The van der Waals surface area contributed by atoms with Crippen molar-refractivity contribution in [3.8, 4) is 0 Å². The number of nitrogens with zero attached hydrogens (tertiary/aromatic N) is 1. The van der Waals surface area contributed by atoms with E-state index >= 15 is 0 Å². The van der Waals surface area contributed by atoms with Gasteiger partial charge >= 0.3 is 0 Å². The Hall–Kier alpha value is -0.570. The van der Waals surface area contributed by atoms with Crippen LogP contribution in [-0.2, 0) is 4.79 Å². The van der Waals surface area contributed by atoms with Crippen LogP contribution in [0.25, 0.3) is 0 Å². The standard InChI is InChI=1S/C15H28N2O/c1-10(2)12-4-5-17(9-12)15(18)13-6-11(3)7-14(16)8-13/h10-14H,4-9,16H2,1-3H3. The van der Waals surface area contributed by atoms with Crippen molar-refractivity contribution in [1.82, 2.24) is 4.90 Å². The van der Waals surface area contributed by atoms with Crippen molar-refractivity contribution >= 4 is 5.91 Å². The normalized spacial score (nSPS) is 37.3. The van der Waals surface area contributed by atoms with Gasteiger partial charge in [0.15, 0.2) is 0 Å². The number of rotatable bonds is 2. The van der Waals surface area contributed by atoms with Gasteiger partial charge in [0.25, 0.3) is 0 Å². The first-order valence-corrected chi connectivity index (χ1v) is 7.51. The number of likely N-dealkylation sites (tertiary alicyclic amines) is 1. The van der Waals surface area contributed by atoms with E-state index in [9.17, 15) is 4.79 Å². The summed E-state index contributed by atoms with van der Waals surface area (Å²) in [5.41, 5.74) is 6.06. The van der Waals surface area contributed by atoms with Crippen LogP contribution in [0.5, 0.6) is 0 Å². The average Bonchev–Trinajstić information content (AvgIpc) is 2.75. The largest absolute Gasteiger partial charge is 0.342 e. The Bertz CT molecular complexity index is 293. The van der Waals surface area contributed by atoms with Crippen LogP contribution in [0.3, 0.4) is 0 Å². The first-order chi connectivity index (χ1) is 8.47. The third-order valence-electron chi connectivity index (χ3n) is 4.81. The highest BCUT2D eigenvalue weighted by Gasteiger charge is 2.35. The molecule has 0 spiro atoms. The predicted molar refractivity (Wildman–Crippen MR) is 74.0 cm³/mol. The summed E-state index contributed by atoms with van der Waals surface area (Å²) in [6.07, 6.45) is 4.19. The van der Waals surface area contributed by atoms with Crippen LogP contribution in [0.15, 0.2) is 0 Å². The molecule has 1 saturated heterocycles. The van der Waals surface area contributed by atoms with Crippen molar-refractivity contribution in [2.45, 2.75) is 52.5 Å². The van der Waals surface area contributed by atoms with Crippen molar-refractivity contribution < 1.29 is 4.79 Å². The van der Waals surface area contributed by atoms with E-state index in [0.29, 0.717) is 23.7 Å². The van der Waals surface area contributed by atoms with Gasteiger partial charge in [-0.05, 0) is 43.4 Å². The van der Waals surface area contributed by atoms with Gasteiger partial charge in [-0.1, -0.05) is 20.8 Å². The molecule has 1 heterocycles. The molecule has 2 N–H and O–H groups in total. The predicted octanol–water partition coefficient (Wildman–Crippen LogP) is 2.25. The topological polar surface area (TPSA) is 46.3 Å². The Morgan fingerprint density at radius 2 is 2.00 bits per heavy atom. The van der Waals surface area contributed by atoms with Crippen molar-refractivity contribution in [2.24, 2.45) is 29.4 Å². The fraction of sp³-hybridized carbons (Fsp3) is 0.933. The van der Waals surface area contributed by atoms with E-state index in [-0.39, 0.29) is 12.0 Å². The Morgan fingerprint density at radius 3 is 2.56 bits per heavy atom. The summed E-state index contributed by atoms with van der Waals surface area (Å²) in [6.45, 7) is 8.67. The van der Waals surface area contributed by atoms with Gasteiger partial charge in [-0.15, -0.1) is 0 Å². The molecule has 0 radical (unpaired) electrons. The number of hydrogen-bond acceptors (Lipinski definition) is 2. The highest BCUT2D eigenvalue weighted by atomic mass is 16.2. The molecular weight excluding hydrogens is 224 g/mol. The van der Waals surface area contributed by atoms with Gasteiger partial charge in [0.1, 0.15) is 0 Å². The number of hydrogen-bond donors (Lipinski definition) is 1. The molecular formula is C15H28N2O. The van der Waals surface area contributed by atoms with E-state index in [1.165, 1.54) is 6.42 Å². The second kappa shape index (κ2) is 5.60. The quantitative estimate of drug-likeness (QED) is 0.819. The lowest BCUT2D eigenvalue weighted by Gasteiger charge is -2.33. The van der Waals surface area contributed by atoms with E-state index in [4.69, 9.17) is 5.73 Å². The second-order valence-electron chi connectivity index (χ2n) is 6.85. The SMILES string of the molecule is CC1CC(N)CC(C(=O)N2CCC(C(C)C)C2)C1. The highest BCUT2D eigenvalue weighted by Crippen LogP contribution is 2.32. The Kier molecular flexibility index (Phi) is 4.31. The zero-order valence-electron chi connectivity index (χ0n) is 12.1. The van der Waals surface area contributed by atoms with E-state index in [2.05, 4.69) is 25.7 Å². The molecule has 2 fully saturated rings. The van der Waals surface area contributed by atoms with Gasteiger partial charge in [-0.3, -0.25) is 4.79 Å². The van der Waals surface area contributed by atoms with Crippen LogP contribution in [-0.4, -0.2) is 29.9 Å². The van der Waals surface area contributed by atoms with Crippen molar-refractivity contribution in [3.63, 3.8) is 0 Å². The van der Waals surface area contributed by atoms with Gasteiger partial charge in [-0.25, -0.2) is 0 Å². The van der Waals surface area contributed by atoms with Gasteiger partial charge in [0.05, 0.1) is 0 Å². The summed E-state index contributed by atoms with van der Waals surface area (Å²) in [5, 5.41) is 0. The summed E-state index contributed by atoms with van der Waals surface area (Å²) < 4.78 is 0. The van der Waals surface area contributed by atoms with E-state index in [1.54, 1.807) is 0 Å². The van der Waals surface area contributed by atoms with Crippen LogP contribution < -0.4 is 5.73 Å². The number of amides is 1. The van der Waals surface area contributed by atoms with Gasteiger partial charge < -0.3 is 10.6 Å². The summed E-state index contributed by atoms with van der Waals surface area (Å²) >= 11 is 0. The summed E-state index contributed by atoms with van der Waals surface area (Å²) in [6, 6.07) is 0.228. The lowest BCUT2D eigenvalue weighted by atomic mass is 9.79. The molecule has 18 heavy (non-hydrogen) atoms. The number of carbonyl (C=O) groups excluding carboxylic acids is 1. The molecule has 1 aliphatic heterocycles. The maximum absolute atomic E-state index is 12.5. The molecule has 3 nitrogen and oxygen atoms in total. The van der Waals surface area contributed by atoms with Gasteiger partial charge in [0, 0.05) is 25.0 Å². The van der Waals surface area contributed by atoms with E-state index in [0.717, 1.165) is 32.4 Å². The molecule has 0 bridgehead atoms. The van der Waals surface area contributed by atoms with Crippen molar-refractivity contribution in [1.29, 1.82) is 0 Å². The molecule has 4 atom stereocenters. The van der Waals surface area contributed by atoms with Crippen molar-refractivity contribution in [3.05, 3.63) is 0 Å². The molecule has 2 aliphatic rings. The summed E-state index contributed by atoms with van der Waals surface area (Å²) in [5.74, 6) is 2.56. The monoisotopic (exact) mass is 252 g/mol. The minimum atomic E-state index is 0.190. The van der Waals surface area contributed by atoms with E-state index in [1.807, 2.05) is 0 Å². The fourth-order valence-corrected chi connectivity index (χ4v) is 3.65. The number of nitrogens with two attached hydrogens (primary N) is 1. The third-order valence-corrected chi connectivity index (χ3v) is 4.81. The Balaban J connectivity index is 1.91. The second-order valence-corrected chi connectivity index (χ2v) is 6.85. The maximum atomic E-state index is 12.5. The molecule has 0 aromatic carbocycles. The highest BCUT2D eigenvalue weighted by molar-refractivity contribution is 5.79. The zero-order valence-corrected chi connectivity index (χ0v) is 12.1. The van der Waals surface area contributed by atoms with Crippen LogP contribution in [0.2, 0.25) is 0 Å². The first-order valence-electron chi connectivity index (χ1n) is 7.51. The molecule has 3 heteroatoms. The maximum Gasteiger partial charge on any atom is 0.225 e. The first kappa shape index (κ1) is 13.9.